The normalized spacial score (nSPS) is 26.0. The molecule has 0 bridgehead atoms. The molecule has 3 rings (SSSR count). The van der Waals surface area contributed by atoms with E-state index >= 15 is 0 Å². The van der Waals surface area contributed by atoms with E-state index in [-0.39, 0.29) is 17.9 Å². The van der Waals surface area contributed by atoms with Gasteiger partial charge in [0.15, 0.2) is 11.5 Å². The third-order valence-electron chi connectivity index (χ3n) is 5.72. The Balaban J connectivity index is 1.93. The quantitative estimate of drug-likeness (QED) is 0.885. The average Bonchev–Trinajstić information content (AvgIpc) is 2.58. The second-order valence-electron chi connectivity index (χ2n) is 7.74. The Morgan fingerprint density at radius 1 is 1.28 bits per heavy atom. The van der Waals surface area contributed by atoms with Gasteiger partial charge in [0.05, 0.1) is 20.1 Å². The molecule has 2 aliphatic rings. The number of carboxylic acids is 1. The molecule has 25 heavy (non-hydrogen) atoms. The predicted molar refractivity (Wildman–Crippen MR) is 96.3 cm³/mol. The zero-order valence-corrected chi connectivity index (χ0v) is 15.6. The second kappa shape index (κ2) is 7.24. The SMILES string of the molecule is COc1cc2c(cc1OC)C1CC(C(=O)O)C(CC(C)C)CN1CC2. The van der Waals surface area contributed by atoms with Gasteiger partial charge >= 0.3 is 5.97 Å². The van der Waals surface area contributed by atoms with Crippen molar-refractivity contribution in [1.82, 2.24) is 4.90 Å². The summed E-state index contributed by atoms with van der Waals surface area (Å²) in [5.41, 5.74) is 2.46. The Kier molecular flexibility index (Phi) is 5.23. The maximum Gasteiger partial charge on any atom is 0.306 e. The minimum absolute atomic E-state index is 0.160. The Morgan fingerprint density at radius 2 is 1.96 bits per heavy atom. The first-order valence-corrected chi connectivity index (χ1v) is 9.16. The van der Waals surface area contributed by atoms with Crippen LogP contribution in [0, 0.1) is 17.8 Å². The van der Waals surface area contributed by atoms with E-state index in [0.29, 0.717) is 12.3 Å². The first-order chi connectivity index (χ1) is 11.9. The van der Waals surface area contributed by atoms with E-state index in [1.807, 2.05) is 6.07 Å². The predicted octanol–water partition coefficient (Wildman–Crippen LogP) is 3.37. The Labute approximate surface area is 149 Å². The lowest BCUT2D eigenvalue weighted by Crippen LogP contribution is -2.48. The van der Waals surface area contributed by atoms with Crippen molar-refractivity contribution in [2.75, 3.05) is 27.3 Å². The van der Waals surface area contributed by atoms with Crippen LogP contribution in [0.25, 0.3) is 0 Å². The first kappa shape index (κ1) is 18.1. The van der Waals surface area contributed by atoms with E-state index in [1.165, 1.54) is 11.1 Å². The highest BCUT2D eigenvalue weighted by molar-refractivity contribution is 5.71. The minimum atomic E-state index is -0.655. The summed E-state index contributed by atoms with van der Waals surface area (Å²) in [6.45, 7) is 6.20. The van der Waals surface area contributed by atoms with Gasteiger partial charge in [-0.25, -0.2) is 0 Å². The molecule has 5 heteroatoms. The number of benzene rings is 1. The number of rotatable bonds is 5. The molecule has 3 unspecified atom stereocenters. The van der Waals surface area contributed by atoms with E-state index < -0.39 is 5.97 Å². The van der Waals surface area contributed by atoms with Gasteiger partial charge in [0, 0.05) is 19.1 Å². The molecule has 0 saturated carbocycles. The summed E-state index contributed by atoms with van der Waals surface area (Å²) in [5, 5.41) is 9.78. The third kappa shape index (κ3) is 3.47. The second-order valence-corrected chi connectivity index (χ2v) is 7.74. The van der Waals surface area contributed by atoms with Gasteiger partial charge in [-0.3, -0.25) is 9.69 Å². The number of ether oxygens (including phenoxy) is 2. The summed E-state index contributed by atoms with van der Waals surface area (Å²) >= 11 is 0. The van der Waals surface area contributed by atoms with Crippen molar-refractivity contribution >= 4 is 5.97 Å². The fourth-order valence-electron chi connectivity index (χ4n) is 4.58. The fourth-order valence-corrected chi connectivity index (χ4v) is 4.58. The zero-order chi connectivity index (χ0) is 18.1. The van der Waals surface area contributed by atoms with Crippen LogP contribution in [0.2, 0.25) is 0 Å². The van der Waals surface area contributed by atoms with E-state index in [1.54, 1.807) is 14.2 Å². The van der Waals surface area contributed by atoms with Crippen molar-refractivity contribution in [3.05, 3.63) is 23.3 Å². The van der Waals surface area contributed by atoms with E-state index in [4.69, 9.17) is 9.47 Å². The molecule has 1 aromatic carbocycles. The molecule has 1 fully saturated rings. The highest BCUT2D eigenvalue weighted by Gasteiger charge is 2.42. The van der Waals surface area contributed by atoms with E-state index in [9.17, 15) is 9.90 Å². The summed E-state index contributed by atoms with van der Waals surface area (Å²) in [5.74, 6) is 1.29. The molecule has 138 valence electrons. The van der Waals surface area contributed by atoms with Crippen LogP contribution in [0.1, 0.15) is 43.9 Å². The molecule has 0 radical (unpaired) electrons. The summed E-state index contributed by atoms with van der Waals surface area (Å²) in [4.78, 5) is 14.4. The summed E-state index contributed by atoms with van der Waals surface area (Å²) in [6.07, 6.45) is 2.62. The van der Waals surface area contributed by atoms with Crippen molar-refractivity contribution in [3.63, 3.8) is 0 Å². The molecule has 0 aromatic heterocycles. The van der Waals surface area contributed by atoms with Crippen molar-refractivity contribution in [2.24, 2.45) is 17.8 Å². The van der Waals surface area contributed by atoms with Gasteiger partial charge in [-0.05, 0) is 54.4 Å². The van der Waals surface area contributed by atoms with Crippen LogP contribution >= 0.6 is 0 Å². The number of carboxylic acid groups (broad SMARTS) is 1. The molecular weight excluding hydrogens is 318 g/mol. The minimum Gasteiger partial charge on any atom is -0.493 e. The average molecular weight is 347 g/mol. The fraction of sp³-hybridized carbons (Fsp3) is 0.650. The molecule has 5 nitrogen and oxygen atoms in total. The van der Waals surface area contributed by atoms with Crippen molar-refractivity contribution < 1.29 is 19.4 Å². The Hall–Kier alpha value is -1.75. The molecule has 0 aliphatic carbocycles. The van der Waals surface area contributed by atoms with E-state index in [0.717, 1.165) is 37.4 Å². The molecule has 0 amide bonds. The number of aliphatic carboxylic acids is 1. The number of hydrogen-bond donors (Lipinski definition) is 1. The van der Waals surface area contributed by atoms with Crippen LogP contribution in [0.5, 0.6) is 11.5 Å². The molecular formula is C20H29NO4. The number of hydrogen-bond acceptors (Lipinski definition) is 4. The van der Waals surface area contributed by atoms with Crippen molar-refractivity contribution in [1.29, 1.82) is 0 Å². The van der Waals surface area contributed by atoms with Gasteiger partial charge < -0.3 is 14.6 Å². The van der Waals surface area contributed by atoms with Crippen LogP contribution in [-0.2, 0) is 11.2 Å². The van der Waals surface area contributed by atoms with Crippen LogP contribution in [0.15, 0.2) is 12.1 Å². The Morgan fingerprint density at radius 3 is 2.56 bits per heavy atom. The van der Waals surface area contributed by atoms with Gasteiger partial charge in [0.2, 0.25) is 0 Å². The summed E-state index contributed by atoms with van der Waals surface area (Å²) < 4.78 is 10.9. The monoisotopic (exact) mass is 347 g/mol. The van der Waals surface area contributed by atoms with Crippen molar-refractivity contribution in [2.45, 2.75) is 39.2 Å². The van der Waals surface area contributed by atoms with E-state index in [2.05, 4.69) is 24.8 Å². The standard InChI is InChI=1S/C20H29NO4/c1-12(2)7-14-11-21-6-5-13-8-18(24-3)19(25-4)10-15(13)17(21)9-16(14)20(22)23/h8,10,12,14,16-17H,5-7,9,11H2,1-4H3,(H,22,23). The number of fused-ring (bicyclic) bond motifs is 3. The molecule has 2 aliphatic heterocycles. The summed E-state index contributed by atoms with van der Waals surface area (Å²) in [6, 6.07) is 4.27. The number of carbonyl (C=O) groups is 1. The van der Waals surface area contributed by atoms with Gasteiger partial charge in [-0.1, -0.05) is 13.8 Å². The topological polar surface area (TPSA) is 59.0 Å². The van der Waals surface area contributed by atoms with Gasteiger partial charge in [-0.2, -0.15) is 0 Å². The molecule has 1 N–H and O–H groups in total. The summed E-state index contributed by atoms with van der Waals surface area (Å²) in [7, 11) is 3.29. The van der Waals surface area contributed by atoms with Crippen LogP contribution < -0.4 is 9.47 Å². The van der Waals surface area contributed by atoms with Gasteiger partial charge in [0.25, 0.3) is 0 Å². The van der Waals surface area contributed by atoms with Crippen LogP contribution in [0.3, 0.4) is 0 Å². The lowest BCUT2D eigenvalue weighted by atomic mass is 9.74. The van der Waals surface area contributed by atoms with Crippen LogP contribution in [0.4, 0.5) is 0 Å². The molecule has 0 spiro atoms. The number of methoxy groups -OCH3 is 2. The highest BCUT2D eigenvalue weighted by atomic mass is 16.5. The maximum absolute atomic E-state index is 11.9. The van der Waals surface area contributed by atoms with Crippen molar-refractivity contribution in [3.8, 4) is 11.5 Å². The molecule has 1 saturated heterocycles. The third-order valence-corrected chi connectivity index (χ3v) is 5.72. The smallest absolute Gasteiger partial charge is 0.306 e. The zero-order valence-electron chi connectivity index (χ0n) is 15.6. The molecule has 2 heterocycles. The lowest BCUT2D eigenvalue weighted by molar-refractivity contribution is -0.147. The van der Waals surface area contributed by atoms with Crippen LogP contribution in [-0.4, -0.2) is 43.3 Å². The molecule has 3 atom stereocenters. The largest absolute Gasteiger partial charge is 0.493 e. The lowest BCUT2D eigenvalue weighted by Gasteiger charge is -2.46. The highest BCUT2D eigenvalue weighted by Crippen LogP contribution is 2.45. The maximum atomic E-state index is 11.9. The van der Waals surface area contributed by atoms with Gasteiger partial charge in [-0.15, -0.1) is 0 Å². The Bertz CT molecular complexity index is 643. The van der Waals surface area contributed by atoms with Gasteiger partial charge in [0.1, 0.15) is 0 Å². The number of piperidine rings is 1. The number of nitrogens with zero attached hydrogens (tertiary/aromatic N) is 1. The molecule has 1 aromatic rings. The first-order valence-electron chi connectivity index (χ1n) is 9.16.